The molecule has 0 saturated heterocycles. The highest BCUT2D eigenvalue weighted by Crippen LogP contribution is 2.08. The van der Waals surface area contributed by atoms with E-state index in [1.165, 1.54) is 11.8 Å². The zero-order valence-corrected chi connectivity index (χ0v) is 18.0. The summed E-state index contributed by atoms with van der Waals surface area (Å²) in [5.74, 6) is 1.23. The second kappa shape index (κ2) is 13.8. The number of urea groups is 1. The number of nitrogens with one attached hydrogen (secondary N) is 1. The second-order valence-electron chi connectivity index (χ2n) is 6.14. The van der Waals surface area contributed by atoms with E-state index in [0.29, 0.717) is 30.2 Å². The maximum absolute atomic E-state index is 11.8. The number of benzene rings is 1. The number of unbranched alkanes of at least 4 members (excludes halogenated alkanes) is 1. The van der Waals surface area contributed by atoms with Gasteiger partial charge in [-0.3, -0.25) is 9.79 Å². The molecule has 6 nitrogen and oxygen atoms in total. The van der Waals surface area contributed by atoms with E-state index in [1.807, 2.05) is 37.4 Å². The molecular formula is C21H30N4O2S. The lowest BCUT2D eigenvalue weighted by molar-refractivity contribution is -0.116. The topological polar surface area (TPSA) is 83.2 Å². The van der Waals surface area contributed by atoms with Gasteiger partial charge in [-0.15, -0.1) is 11.8 Å². The lowest BCUT2D eigenvalue weighted by atomic mass is 10.1. The van der Waals surface area contributed by atoms with Gasteiger partial charge in [0.2, 0.25) is 0 Å². The summed E-state index contributed by atoms with van der Waals surface area (Å²) in [6, 6.07) is 7.64. The van der Waals surface area contributed by atoms with E-state index in [0.717, 1.165) is 29.8 Å². The van der Waals surface area contributed by atoms with Crippen LogP contribution in [0.1, 0.15) is 51.2 Å². The summed E-state index contributed by atoms with van der Waals surface area (Å²) in [6.07, 6.45) is 5.10. The molecule has 0 aromatic heterocycles. The molecule has 0 radical (unpaired) electrons. The minimum atomic E-state index is -0.378. The van der Waals surface area contributed by atoms with Crippen LogP contribution in [0.25, 0.3) is 0 Å². The molecule has 152 valence electrons. The van der Waals surface area contributed by atoms with E-state index in [2.05, 4.69) is 27.2 Å². The molecule has 0 heterocycles. The van der Waals surface area contributed by atoms with Gasteiger partial charge in [-0.25, -0.2) is 9.79 Å². The highest BCUT2D eigenvalue weighted by molar-refractivity contribution is 8.14. The van der Waals surface area contributed by atoms with Crippen LogP contribution in [0.4, 0.5) is 4.79 Å². The summed E-state index contributed by atoms with van der Waals surface area (Å²) in [6.45, 7) is 6.17. The van der Waals surface area contributed by atoms with Crippen LogP contribution in [0.15, 0.2) is 39.2 Å². The van der Waals surface area contributed by atoms with Crippen LogP contribution in [-0.2, 0) is 11.2 Å². The number of aliphatic imine (C=N–C) groups is 3. The van der Waals surface area contributed by atoms with Crippen molar-refractivity contribution in [3.8, 4) is 0 Å². The highest BCUT2D eigenvalue weighted by atomic mass is 32.2. The van der Waals surface area contributed by atoms with Crippen LogP contribution in [0.5, 0.6) is 0 Å². The molecule has 0 bridgehead atoms. The predicted molar refractivity (Wildman–Crippen MR) is 120 cm³/mol. The van der Waals surface area contributed by atoms with Gasteiger partial charge >= 0.3 is 6.03 Å². The van der Waals surface area contributed by atoms with Crippen molar-refractivity contribution in [3.63, 3.8) is 0 Å². The van der Waals surface area contributed by atoms with Gasteiger partial charge < -0.3 is 5.32 Å². The number of carbonyl (C=O) groups is 2. The summed E-state index contributed by atoms with van der Waals surface area (Å²) in [5.41, 5.74) is 2.09. The van der Waals surface area contributed by atoms with E-state index in [1.54, 1.807) is 14.0 Å². The highest BCUT2D eigenvalue weighted by Gasteiger charge is 2.04. The van der Waals surface area contributed by atoms with E-state index in [4.69, 9.17) is 0 Å². The normalized spacial score (nSPS) is 12.4. The third kappa shape index (κ3) is 9.60. The molecule has 1 aromatic carbocycles. The number of nitrogens with zero attached hydrogens (tertiary/aromatic N) is 3. The summed E-state index contributed by atoms with van der Waals surface area (Å²) in [4.78, 5) is 35.7. The number of Topliss-reactive ketones (excluding diaryl/α,β-unsaturated/α-hetero) is 1. The van der Waals surface area contributed by atoms with Crippen LogP contribution >= 0.6 is 11.8 Å². The van der Waals surface area contributed by atoms with E-state index < -0.39 is 0 Å². The Hall–Kier alpha value is -2.28. The van der Waals surface area contributed by atoms with Crippen molar-refractivity contribution in [2.45, 2.75) is 46.5 Å². The van der Waals surface area contributed by atoms with E-state index in [9.17, 15) is 9.59 Å². The van der Waals surface area contributed by atoms with Gasteiger partial charge in [0.05, 0.1) is 10.8 Å². The number of amidine groups is 1. The molecule has 2 amide bonds. The van der Waals surface area contributed by atoms with Crippen molar-refractivity contribution in [2.24, 2.45) is 15.0 Å². The molecule has 0 unspecified atom stereocenters. The Labute approximate surface area is 172 Å². The minimum absolute atomic E-state index is 0.149. The summed E-state index contributed by atoms with van der Waals surface area (Å²) < 4.78 is 0. The first-order valence-corrected chi connectivity index (χ1v) is 10.5. The Morgan fingerprint density at radius 3 is 2.50 bits per heavy atom. The second-order valence-corrected chi connectivity index (χ2v) is 7.31. The first kappa shape index (κ1) is 23.8. The molecule has 0 fully saturated rings. The fraction of sp³-hybridized carbons (Fsp3) is 0.476. The van der Waals surface area contributed by atoms with Gasteiger partial charge in [0.15, 0.2) is 5.84 Å². The molecule has 28 heavy (non-hydrogen) atoms. The zero-order valence-electron chi connectivity index (χ0n) is 17.2. The third-order valence-electron chi connectivity index (χ3n) is 3.84. The van der Waals surface area contributed by atoms with Crippen molar-refractivity contribution in [3.05, 3.63) is 35.4 Å². The molecule has 1 rings (SSSR count). The maximum Gasteiger partial charge on any atom is 0.341 e. The van der Waals surface area contributed by atoms with Gasteiger partial charge in [-0.05, 0) is 25.3 Å². The SMILES string of the molecule is CCCC=NC(=NC)c1ccc(CCNC(=O)/N=C(/C)SCC(=O)CC)cc1. The summed E-state index contributed by atoms with van der Waals surface area (Å²) >= 11 is 1.30. The lowest BCUT2D eigenvalue weighted by Gasteiger charge is -2.05. The summed E-state index contributed by atoms with van der Waals surface area (Å²) in [5, 5.41) is 3.37. The average Bonchev–Trinajstić information content (AvgIpc) is 2.70. The number of ketones is 1. The smallest absolute Gasteiger partial charge is 0.336 e. The van der Waals surface area contributed by atoms with Gasteiger partial charge in [0, 0.05) is 31.8 Å². The Morgan fingerprint density at radius 2 is 1.89 bits per heavy atom. The molecule has 0 aliphatic rings. The largest absolute Gasteiger partial charge is 0.341 e. The molecular weight excluding hydrogens is 372 g/mol. The number of hydrogen-bond donors (Lipinski definition) is 1. The number of thioether (sulfide) groups is 1. The standard InChI is InChI=1S/C21H30N4O2S/c1-5-7-13-23-20(22-4)18-10-8-17(9-11-18)12-14-24-21(27)25-16(3)28-15-19(26)6-2/h8-11,13H,5-7,12,14-15H2,1-4H3,(H,24,27)/b22-20?,23-13?,25-16-. The third-order valence-corrected chi connectivity index (χ3v) is 4.82. The number of amides is 2. The first-order chi connectivity index (χ1) is 13.5. The minimum Gasteiger partial charge on any atom is -0.336 e. The number of rotatable bonds is 9. The van der Waals surface area contributed by atoms with Crippen molar-refractivity contribution in [1.29, 1.82) is 0 Å². The number of carbonyl (C=O) groups excluding carboxylic acids is 2. The Kier molecular flexibility index (Phi) is 11.7. The van der Waals surface area contributed by atoms with Crippen LogP contribution in [-0.4, -0.2) is 48.3 Å². The van der Waals surface area contributed by atoms with Crippen molar-refractivity contribution in [2.75, 3.05) is 19.3 Å². The predicted octanol–water partition coefficient (Wildman–Crippen LogP) is 4.32. The molecule has 7 heteroatoms. The fourth-order valence-electron chi connectivity index (χ4n) is 2.18. The van der Waals surface area contributed by atoms with Gasteiger partial charge in [0.25, 0.3) is 0 Å². The number of hydrogen-bond acceptors (Lipinski definition) is 4. The molecule has 0 spiro atoms. The van der Waals surface area contributed by atoms with Gasteiger partial charge in [-0.1, -0.05) is 44.5 Å². The van der Waals surface area contributed by atoms with E-state index in [-0.39, 0.29) is 11.8 Å². The van der Waals surface area contributed by atoms with Crippen molar-refractivity contribution < 1.29 is 9.59 Å². The molecule has 1 aromatic rings. The van der Waals surface area contributed by atoms with Crippen molar-refractivity contribution >= 4 is 40.7 Å². The quantitative estimate of drug-likeness (QED) is 0.493. The molecule has 0 atom stereocenters. The Balaban J connectivity index is 2.47. The van der Waals surface area contributed by atoms with Crippen LogP contribution < -0.4 is 5.32 Å². The van der Waals surface area contributed by atoms with Gasteiger partial charge in [-0.2, -0.15) is 4.99 Å². The average molecular weight is 403 g/mol. The van der Waals surface area contributed by atoms with Crippen LogP contribution in [0.2, 0.25) is 0 Å². The van der Waals surface area contributed by atoms with Crippen molar-refractivity contribution in [1.82, 2.24) is 5.32 Å². The van der Waals surface area contributed by atoms with Crippen LogP contribution in [0, 0.1) is 0 Å². The maximum atomic E-state index is 11.8. The zero-order chi connectivity index (χ0) is 20.8. The molecule has 0 saturated carbocycles. The molecule has 0 aliphatic carbocycles. The summed E-state index contributed by atoms with van der Waals surface area (Å²) in [7, 11) is 1.74. The monoisotopic (exact) mass is 402 g/mol. The van der Waals surface area contributed by atoms with E-state index >= 15 is 0 Å². The lowest BCUT2D eigenvalue weighted by Crippen LogP contribution is -2.23. The Morgan fingerprint density at radius 1 is 1.18 bits per heavy atom. The van der Waals surface area contributed by atoms with Gasteiger partial charge in [0.1, 0.15) is 5.78 Å². The molecule has 1 N–H and O–H groups in total. The van der Waals surface area contributed by atoms with Crippen LogP contribution in [0.3, 0.4) is 0 Å². The fourth-order valence-corrected chi connectivity index (χ4v) is 2.90. The Bertz CT molecular complexity index is 724. The molecule has 0 aliphatic heterocycles. The first-order valence-electron chi connectivity index (χ1n) is 9.56.